The number of carbonyl (C=O) groups excluding carboxylic acids is 2. The van der Waals surface area contributed by atoms with Crippen LogP contribution in [0.3, 0.4) is 0 Å². The average Bonchev–Trinajstić information content (AvgIpc) is 2.24. The van der Waals surface area contributed by atoms with E-state index in [0.29, 0.717) is 13.1 Å². The predicted octanol–water partition coefficient (Wildman–Crippen LogP) is -0.714. The normalized spacial score (nSPS) is 21.6. The monoisotopic (exact) mass is 245 g/mol. The van der Waals surface area contributed by atoms with Crippen molar-refractivity contribution in [3.8, 4) is 0 Å². The van der Waals surface area contributed by atoms with E-state index in [-0.39, 0.29) is 24.3 Å². The summed E-state index contributed by atoms with van der Waals surface area (Å²) in [4.78, 5) is 25.0. The molecule has 0 aromatic rings. The van der Waals surface area contributed by atoms with Gasteiger partial charge in [0.25, 0.3) is 0 Å². The van der Waals surface area contributed by atoms with Gasteiger partial charge in [0.15, 0.2) is 0 Å². The number of likely N-dealkylation sites (N-methyl/N-ethyl adjacent to an activating group) is 1. The first-order chi connectivity index (χ1) is 7.65. The largest absolute Gasteiger partial charge is 0.355 e. The lowest BCUT2D eigenvalue weighted by atomic mass is 10.1. The van der Waals surface area contributed by atoms with Gasteiger partial charge in [-0.3, -0.25) is 14.5 Å². The van der Waals surface area contributed by atoms with E-state index < -0.39 is 0 Å². The third kappa shape index (κ3) is 4.02. The van der Waals surface area contributed by atoms with Gasteiger partial charge in [-0.25, -0.2) is 0 Å². The lowest BCUT2D eigenvalue weighted by Crippen LogP contribution is -2.55. The van der Waals surface area contributed by atoms with Crippen molar-refractivity contribution in [1.82, 2.24) is 15.5 Å². The highest BCUT2D eigenvalue weighted by atomic mass is 32.2. The first-order valence-corrected chi connectivity index (χ1v) is 6.78. The Bertz CT molecular complexity index is 260. The summed E-state index contributed by atoms with van der Waals surface area (Å²) in [5.41, 5.74) is 0. The maximum Gasteiger partial charge on any atom is 0.237 e. The van der Waals surface area contributed by atoms with Gasteiger partial charge in [-0.05, 0) is 13.3 Å². The minimum absolute atomic E-state index is 0.0474. The molecule has 2 N–H and O–H groups in total. The smallest absolute Gasteiger partial charge is 0.237 e. The van der Waals surface area contributed by atoms with Crippen molar-refractivity contribution in [2.24, 2.45) is 0 Å². The van der Waals surface area contributed by atoms with Crippen molar-refractivity contribution >= 4 is 23.6 Å². The molecule has 0 aromatic heterocycles. The maximum atomic E-state index is 11.6. The number of rotatable bonds is 5. The summed E-state index contributed by atoms with van der Waals surface area (Å²) in [5, 5.41) is 5.58. The van der Waals surface area contributed by atoms with E-state index in [0.717, 1.165) is 12.3 Å². The molecule has 1 atom stereocenters. The number of nitrogens with zero attached hydrogens (tertiary/aromatic N) is 1. The Hall–Kier alpha value is -0.750. The molecule has 0 spiro atoms. The summed E-state index contributed by atoms with van der Waals surface area (Å²) in [6.45, 7) is 2.13. The fraction of sp³-hybridized carbons (Fsp3) is 0.800. The number of nitrogens with one attached hydrogen (secondary N) is 2. The van der Waals surface area contributed by atoms with Crippen LogP contribution in [0.25, 0.3) is 0 Å². The molecule has 1 aliphatic rings. The van der Waals surface area contributed by atoms with Crippen LogP contribution in [0.4, 0.5) is 0 Å². The number of carbonyl (C=O) groups is 2. The average molecular weight is 245 g/mol. The predicted molar refractivity (Wildman–Crippen MR) is 65.4 cm³/mol. The fourth-order valence-electron chi connectivity index (χ4n) is 1.62. The zero-order valence-electron chi connectivity index (χ0n) is 9.78. The first kappa shape index (κ1) is 13.3. The Morgan fingerprint density at radius 3 is 3.06 bits per heavy atom. The van der Waals surface area contributed by atoms with Crippen LogP contribution in [-0.2, 0) is 9.59 Å². The molecule has 6 heteroatoms. The molecule has 1 unspecified atom stereocenters. The molecule has 1 saturated heterocycles. The van der Waals surface area contributed by atoms with Crippen molar-refractivity contribution in [2.75, 3.05) is 38.7 Å². The highest BCUT2D eigenvalue weighted by molar-refractivity contribution is 7.98. The molecular formula is C10H19N3O2S. The second-order valence-corrected chi connectivity index (χ2v) is 4.82. The van der Waals surface area contributed by atoms with E-state index in [2.05, 4.69) is 10.6 Å². The Morgan fingerprint density at radius 1 is 1.69 bits per heavy atom. The first-order valence-electron chi connectivity index (χ1n) is 5.38. The molecule has 0 radical (unpaired) electrons. The number of thioether (sulfide) groups is 1. The molecule has 0 aliphatic carbocycles. The highest BCUT2D eigenvalue weighted by Crippen LogP contribution is 2.05. The summed E-state index contributed by atoms with van der Waals surface area (Å²) in [6, 6.07) is -0.317. The van der Waals surface area contributed by atoms with Crippen LogP contribution in [0, 0.1) is 0 Å². The molecule has 1 aliphatic heterocycles. The highest BCUT2D eigenvalue weighted by Gasteiger charge is 2.28. The molecular weight excluding hydrogens is 226 g/mol. The second-order valence-electron chi connectivity index (χ2n) is 3.83. The van der Waals surface area contributed by atoms with E-state index >= 15 is 0 Å². The van der Waals surface area contributed by atoms with Gasteiger partial charge in [-0.2, -0.15) is 11.8 Å². The van der Waals surface area contributed by atoms with E-state index in [9.17, 15) is 9.59 Å². The van der Waals surface area contributed by atoms with Gasteiger partial charge in [0.1, 0.15) is 0 Å². The minimum Gasteiger partial charge on any atom is -0.355 e. The molecule has 2 amide bonds. The fourth-order valence-corrected chi connectivity index (χ4v) is 1.92. The van der Waals surface area contributed by atoms with Crippen LogP contribution in [0.2, 0.25) is 0 Å². The van der Waals surface area contributed by atoms with E-state index in [1.165, 1.54) is 0 Å². The topological polar surface area (TPSA) is 61.4 Å². The lowest BCUT2D eigenvalue weighted by molar-refractivity contribution is -0.133. The zero-order valence-corrected chi connectivity index (χ0v) is 10.6. The summed E-state index contributed by atoms with van der Waals surface area (Å²) < 4.78 is 0. The molecule has 1 fully saturated rings. The Morgan fingerprint density at radius 2 is 2.44 bits per heavy atom. The van der Waals surface area contributed by atoms with Crippen molar-refractivity contribution in [3.63, 3.8) is 0 Å². The number of hydrogen-bond acceptors (Lipinski definition) is 4. The van der Waals surface area contributed by atoms with Gasteiger partial charge in [-0.1, -0.05) is 0 Å². The number of piperazine rings is 1. The minimum atomic E-state index is -0.317. The van der Waals surface area contributed by atoms with Crippen molar-refractivity contribution in [3.05, 3.63) is 0 Å². The molecule has 5 nitrogen and oxygen atoms in total. The second kappa shape index (κ2) is 6.75. The Labute approximate surface area is 100 Å². The number of hydrogen-bond donors (Lipinski definition) is 2. The standard InChI is InChI=1S/C10H19N3O2S/c1-13-5-3-12-10(15)8(13)7-9(14)11-4-6-16-2/h8H,3-7H2,1-2H3,(H,11,14)(H,12,15). The van der Waals surface area contributed by atoms with Crippen LogP contribution in [-0.4, -0.2) is 61.4 Å². The van der Waals surface area contributed by atoms with Crippen LogP contribution < -0.4 is 10.6 Å². The van der Waals surface area contributed by atoms with Crippen molar-refractivity contribution in [1.29, 1.82) is 0 Å². The molecule has 0 aromatic carbocycles. The van der Waals surface area contributed by atoms with Crippen molar-refractivity contribution < 1.29 is 9.59 Å². The van der Waals surface area contributed by atoms with Crippen LogP contribution in [0.5, 0.6) is 0 Å². The Kier molecular flexibility index (Phi) is 5.62. The third-order valence-corrected chi connectivity index (χ3v) is 3.22. The number of amides is 2. The summed E-state index contributed by atoms with van der Waals surface area (Å²) >= 11 is 1.69. The van der Waals surface area contributed by atoms with Gasteiger partial charge in [0.05, 0.1) is 12.5 Å². The van der Waals surface area contributed by atoms with E-state index in [1.807, 2.05) is 18.2 Å². The maximum absolute atomic E-state index is 11.6. The molecule has 1 heterocycles. The van der Waals surface area contributed by atoms with Crippen LogP contribution in [0.1, 0.15) is 6.42 Å². The van der Waals surface area contributed by atoms with Gasteiger partial charge in [0.2, 0.25) is 11.8 Å². The lowest BCUT2D eigenvalue weighted by Gasteiger charge is -2.31. The summed E-state index contributed by atoms with van der Waals surface area (Å²) in [6.07, 6.45) is 2.24. The molecule has 92 valence electrons. The molecule has 0 saturated carbocycles. The van der Waals surface area contributed by atoms with Gasteiger partial charge in [0, 0.05) is 25.4 Å². The van der Waals surface area contributed by atoms with Crippen LogP contribution in [0.15, 0.2) is 0 Å². The molecule has 1 rings (SSSR count). The summed E-state index contributed by atoms with van der Waals surface area (Å²) in [5.74, 6) is 0.801. The Balaban J connectivity index is 2.33. The van der Waals surface area contributed by atoms with E-state index in [4.69, 9.17) is 0 Å². The SMILES string of the molecule is CSCCNC(=O)CC1C(=O)NCCN1C. The third-order valence-electron chi connectivity index (χ3n) is 2.61. The summed E-state index contributed by atoms with van der Waals surface area (Å²) in [7, 11) is 1.87. The van der Waals surface area contributed by atoms with Gasteiger partial charge in [-0.15, -0.1) is 0 Å². The quantitative estimate of drug-likeness (QED) is 0.628. The van der Waals surface area contributed by atoms with Crippen molar-refractivity contribution in [2.45, 2.75) is 12.5 Å². The van der Waals surface area contributed by atoms with Gasteiger partial charge < -0.3 is 10.6 Å². The molecule has 0 bridgehead atoms. The zero-order chi connectivity index (χ0) is 12.0. The molecule has 16 heavy (non-hydrogen) atoms. The van der Waals surface area contributed by atoms with Gasteiger partial charge >= 0.3 is 0 Å². The van der Waals surface area contributed by atoms with E-state index in [1.54, 1.807) is 11.8 Å². The van der Waals surface area contributed by atoms with Crippen LogP contribution >= 0.6 is 11.8 Å².